The minimum absolute atomic E-state index is 0.00183. The molecular weight excluding hydrogens is 460 g/mol. The number of aryl methyl sites for hydroxylation is 3. The van der Waals surface area contributed by atoms with Crippen molar-refractivity contribution in [3.63, 3.8) is 0 Å². The molecule has 0 bridgehead atoms. The molecule has 36 heavy (non-hydrogen) atoms. The number of aliphatic hydroxyl groups is 2. The SMILES string of the molecule is CCc1cc(-c2nnc(-c3cc(C)cc(CN(C)CC)c3)o2)cc(C)c1OC[C@@H](O)CNC(=O)CO. The van der Waals surface area contributed by atoms with Crippen molar-refractivity contribution in [1.82, 2.24) is 20.4 Å². The monoisotopic (exact) mass is 496 g/mol. The molecule has 3 N–H and O–H groups in total. The smallest absolute Gasteiger partial charge is 0.248 e. The van der Waals surface area contributed by atoms with Crippen LogP contribution < -0.4 is 10.1 Å². The average molecular weight is 497 g/mol. The van der Waals surface area contributed by atoms with E-state index in [1.54, 1.807) is 0 Å². The Kier molecular flexibility index (Phi) is 9.58. The number of carbonyl (C=O) groups excluding carboxylic acids is 1. The summed E-state index contributed by atoms with van der Waals surface area (Å²) in [6.07, 6.45) is -0.201. The molecule has 0 saturated carbocycles. The molecule has 1 heterocycles. The Bertz CT molecular complexity index is 1180. The van der Waals surface area contributed by atoms with Gasteiger partial charge in [0.25, 0.3) is 0 Å². The van der Waals surface area contributed by atoms with E-state index in [0.29, 0.717) is 24.0 Å². The molecule has 0 fully saturated rings. The number of amides is 1. The fraction of sp³-hybridized carbons (Fsp3) is 0.444. The van der Waals surface area contributed by atoms with Crippen LogP contribution in [0.25, 0.3) is 22.9 Å². The van der Waals surface area contributed by atoms with Gasteiger partial charge >= 0.3 is 0 Å². The van der Waals surface area contributed by atoms with Crippen LogP contribution in [0.3, 0.4) is 0 Å². The van der Waals surface area contributed by atoms with Crippen molar-refractivity contribution in [2.45, 2.75) is 46.8 Å². The van der Waals surface area contributed by atoms with Crippen molar-refractivity contribution in [2.75, 3.05) is 33.4 Å². The zero-order chi connectivity index (χ0) is 26.2. The van der Waals surface area contributed by atoms with Crippen molar-refractivity contribution in [2.24, 2.45) is 0 Å². The minimum atomic E-state index is -0.904. The Labute approximate surface area is 212 Å². The standard InChI is InChI=1S/C27H36N4O5/c1-6-20-12-22(10-18(4)25(20)35-16-23(33)13-28-24(34)15-32)27-30-29-26(36-27)21-9-17(3)8-19(11-21)14-31(5)7-2/h8-12,23,32-33H,6-7,13-16H2,1-5H3,(H,28,34)/t23-/m0/s1. The molecule has 0 saturated heterocycles. The third-order valence-corrected chi connectivity index (χ3v) is 5.88. The summed E-state index contributed by atoms with van der Waals surface area (Å²) in [4.78, 5) is 13.4. The number of hydrogen-bond donors (Lipinski definition) is 3. The maximum absolute atomic E-state index is 11.2. The Morgan fingerprint density at radius 3 is 2.44 bits per heavy atom. The van der Waals surface area contributed by atoms with Crippen molar-refractivity contribution in [1.29, 1.82) is 0 Å². The van der Waals surface area contributed by atoms with Gasteiger partial charge < -0.3 is 29.6 Å². The second kappa shape index (κ2) is 12.6. The van der Waals surface area contributed by atoms with Crippen LogP contribution in [0.4, 0.5) is 0 Å². The molecule has 194 valence electrons. The number of carbonyl (C=O) groups is 1. The number of rotatable bonds is 12. The zero-order valence-corrected chi connectivity index (χ0v) is 21.7. The number of nitrogens with zero attached hydrogens (tertiary/aromatic N) is 3. The van der Waals surface area contributed by atoms with Gasteiger partial charge in [-0.05, 0) is 74.8 Å². The van der Waals surface area contributed by atoms with Crippen LogP contribution in [0.5, 0.6) is 5.75 Å². The number of aromatic nitrogens is 2. The predicted molar refractivity (Wildman–Crippen MR) is 138 cm³/mol. The molecule has 0 radical (unpaired) electrons. The van der Waals surface area contributed by atoms with E-state index in [2.05, 4.69) is 53.4 Å². The highest BCUT2D eigenvalue weighted by Crippen LogP contribution is 2.32. The van der Waals surface area contributed by atoms with E-state index in [1.165, 1.54) is 5.56 Å². The van der Waals surface area contributed by atoms with Gasteiger partial charge in [0.15, 0.2) is 0 Å². The predicted octanol–water partition coefficient (Wildman–Crippen LogP) is 2.88. The van der Waals surface area contributed by atoms with Gasteiger partial charge in [-0.25, -0.2) is 0 Å². The number of hydrogen-bond acceptors (Lipinski definition) is 8. The summed E-state index contributed by atoms with van der Waals surface area (Å²) < 4.78 is 12.0. The molecule has 0 unspecified atom stereocenters. The highest BCUT2D eigenvalue weighted by Gasteiger charge is 2.17. The quantitative estimate of drug-likeness (QED) is 0.350. The van der Waals surface area contributed by atoms with Gasteiger partial charge in [0.2, 0.25) is 17.7 Å². The van der Waals surface area contributed by atoms with Crippen molar-refractivity contribution in [3.05, 3.63) is 52.6 Å². The van der Waals surface area contributed by atoms with Crippen LogP contribution in [-0.2, 0) is 17.8 Å². The summed E-state index contributed by atoms with van der Waals surface area (Å²) in [7, 11) is 2.09. The lowest BCUT2D eigenvalue weighted by Gasteiger charge is -2.17. The number of aliphatic hydroxyl groups excluding tert-OH is 2. The fourth-order valence-electron chi connectivity index (χ4n) is 3.92. The maximum Gasteiger partial charge on any atom is 0.248 e. The average Bonchev–Trinajstić information content (AvgIpc) is 3.36. The van der Waals surface area contributed by atoms with Crippen LogP contribution in [-0.4, -0.2) is 70.7 Å². The highest BCUT2D eigenvalue weighted by molar-refractivity contribution is 5.76. The molecule has 2 aromatic carbocycles. The molecule has 0 aliphatic rings. The lowest BCUT2D eigenvalue weighted by Crippen LogP contribution is -2.36. The third-order valence-electron chi connectivity index (χ3n) is 5.88. The van der Waals surface area contributed by atoms with E-state index in [1.807, 2.05) is 32.0 Å². The summed E-state index contributed by atoms with van der Waals surface area (Å²) in [6, 6.07) is 10.2. The topological polar surface area (TPSA) is 121 Å². The molecule has 1 amide bonds. The number of benzene rings is 2. The van der Waals surface area contributed by atoms with Crippen LogP contribution in [0.15, 0.2) is 34.7 Å². The zero-order valence-electron chi connectivity index (χ0n) is 21.7. The maximum atomic E-state index is 11.2. The number of ether oxygens (including phenoxy) is 1. The Morgan fingerprint density at radius 1 is 1.11 bits per heavy atom. The highest BCUT2D eigenvalue weighted by atomic mass is 16.5. The van der Waals surface area contributed by atoms with Gasteiger partial charge in [-0.2, -0.15) is 0 Å². The normalized spacial score (nSPS) is 12.1. The van der Waals surface area contributed by atoms with Gasteiger partial charge in [0.05, 0.1) is 0 Å². The third kappa shape index (κ3) is 7.13. The summed E-state index contributed by atoms with van der Waals surface area (Å²) in [5, 5.41) is 29.9. The van der Waals surface area contributed by atoms with Crippen LogP contribution in [0, 0.1) is 13.8 Å². The Balaban J connectivity index is 1.79. The molecule has 9 heteroatoms. The molecule has 1 aromatic heterocycles. The minimum Gasteiger partial charge on any atom is -0.490 e. The van der Waals surface area contributed by atoms with Crippen molar-refractivity contribution < 1.29 is 24.2 Å². The van der Waals surface area contributed by atoms with Crippen molar-refractivity contribution in [3.8, 4) is 28.7 Å². The molecule has 9 nitrogen and oxygen atoms in total. The molecule has 1 atom stereocenters. The van der Waals surface area contributed by atoms with E-state index in [4.69, 9.17) is 14.3 Å². The van der Waals surface area contributed by atoms with Crippen LogP contribution in [0.1, 0.15) is 36.1 Å². The number of nitrogens with one attached hydrogen (secondary N) is 1. The second-order valence-electron chi connectivity index (χ2n) is 9.01. The van der Waals surface area contributed by atoms with Crippen molar-refractivity contribution >= 4 is 5.91 Å². The van der Waals surface area contributed by atoms with E-state index in [0.717, 1.165) is 40.9 Å². The fourth-order valence-corrected chi connectivity index (χ4v) is 3.92. The molecule has 0 aliphatic carbocycles. The first-order valence-corrected chi connectivity index (χ1v) is 12.2. The van der Waals surface area contributed by atoms with E-state index in [9.17, 15) is 9.90 Å². The van der Waals surface area contributed by atoms with Gasteiger partial charge in [0, 0.05) is 24.2 Å². The van der Waals surface area contributed by atoms with E-state index < -0.39 is 18.6 Å². The van der Waals surface area contributed by atoms with Gasteiger partial charge in [-0.1, -0.05) is 25.5 Å². The summed E-state index contributed by atoms with van der Waals surface area (Å²) >= 11 is 0. The molecular formula is C27H36N4O5. The van der Waals surface area contributed by atoms with Gasteiger partial charge in [0.1, 0.15) is 25.1 Å². The molecule has 0 aliphatic heterocycles. The van der Waals surface area contributed by atoms with E-state index >= 15 is 0 Å². The van der Waals surface area contributed by atoms with E-state index in [-0.39, 0.29) is 13.2 Å². The largest absolute Gasteiger partial charge is 0.490 e. The van der Waals surface area contributed by atoms with Crippen LogP contribution in [0.2, 0.25) is 0 Å². The summed E-state index contributed by atoms with van der Waals surface area (Å²) in [5.74, 6) is 1.03. The molecule has 3 rings (SSSR count). The van der Waals surface area contributed by atoms with Gasteiger partial charge in [-0.15, -0.1) is 10.2 Å². The first-order valence-electron chi connectivity index (χ1n) is 12.2. The summed E-state index contributed by atoms with van der Waals surface area (Å²) in [5.41, 5.74) is 5.83. The Morgan fingerprint density at radius 2 is 1.81 bits per heavy atom. The summed E-state index contributed by atoms with van der Waals surface area (Å²) in [6.45, 7) is 9.32. The Hall–Kier alpha value is -3.27. The molecule has 3 aromatic rings. The first-order chi connectivity index (χ1) is 17.2. The van der Waals surface area contributed by atoms with Crippen LogP contribution >= 0.6 is 0 Å². The molecule has 0 spiro atoms. The lowest BCUT2D eigenvalue weighted by atomic mass is 10.0. The van der Waals surface area contributed by atoms with Gasteiger partial charge in [-0.3, -0.25) is 4.79 Å². The lowest BCUT2D eigenvalue weighted by molar-refractivity contribution is -0.124. The second-order valence-corrected chi connectivity index (χ2v) is 9.01. The first kappa shape index (κ1) is 27.3.